The molecule has 20 heavy (non-hydrogen) atoms. The number of rotatable bonds is 4. The monoisotopic (exact) mass is 292 g/mol. The van der Waals surface area contributed by atoms with Crippen molar-refractivity contribution in [1.29, 1.82) is 0 Å². The SMILES string of the molecule is O=S(=O)(Nc1cccc(C#CCCO)n1)c1ccn[nH]1. The minimum absolute atomic E-state index is 0.0286. The molecule has 2 rings (SSSR count). The number of nitrogens with one attached hydrogen (secondary N) is 2. The Morgan fingerprint density at radius 1 is 1.35 bits per heavy atom. The van der Waals surface area contributed by atoms with Crippen LogP contribution in [0.3, 0.4) is 0 Å². The van der Waals surface area contributed by atoms with Crippen LogP contribution in [0.4, 0.5) is 5.82 Å². The molecule has 104 valence electrons. The van der Waals surface area contributed by atoms with Gasteiger partial charge in [0.15, 0.2) is 5.03 Å². The summed E-state index contributed by atoms with van der Waals surface area (Å²) < 4.78 is 26.2. The number of hydrogen-bond acceptors (Lipinski definition) is 5. The summed E-state index contributed by atoms with van der Waals surface area (Å²) in [6.07, 6.45) is 1.69. The van der Waals surface area contributed by atoms with Gasteiger partial charge in [0.05, 0.1) is 12.8 Å². The summed E-state index contributed by atoms with van der Waals surface area (Å²) in [5.74, 6) is 5.61. The molecule has 0 bridgehead atoms. The molecule has 7 nitrogen and oxygen atoms in total. The van der Waals surface area contributed by atoms with Crippen LogP contribution >= 0.6 is 0 Å². The predicted molar refractivity (Wildman–Crippen MR) is 72.2 cm³/mol. The van der Waals surface area contributed by atoms with Crippen LogP contribution in [0.2, 0.25) is 0 Å². The Balaban J connectivity index is 2.19. The first-order chi connectivity index (χ1) is 9.62. The average molecular weight is 292 g/mol. The molecule has 0 amide bonds. The predicted octanol–water partition coefficient (Wildman–Crippen LogP) is 0.339. The number of aliphatic hydroxyl groups excluding tert-OH is 1. The van der Waals surface area contributed by atoms with Gasteiger partial charge < -0.3 is 5.11 Å². The Hall–Kier alpha value is -2.37. The van der Waals surface area contributed by atoms with Crippen molar-refractivity contribution in [2.45, 2.75) is 11.4 Å². The molecule has 0 atom stereocenters. The molecule has 0 saturated carbocycles. The van der Waals surface area contributed by atoms with Gasteiger partial charge in [0.2, 0.25) is 0 Å². The second kappa shape index (κ2) is 6.18. The lowest BCUT2D eigenvalue weighted by molar-refractivity contribution is 0.305. The van der Waals surface area contributed by atoms with Crippen molar-refractivity contribution >= 4 is 15.8 Å². The molecule has 0 spiro atoms. The highest BCUT2D eigenvalue weighted by molar-refractivity contribution is 7.92. The van der Waals surface area contributed by atoms with Crippen LogP contribution in [0, 0.1) is 11.8 Å². The van der Waals surface area contributed by atoms with Gasteiger partial charge in [0.25, 0.3) is 10.0 Å². The minimum Gasteiger partial charge on any atom is -0.395 e. The normalized spacial score (nSPS) is 10.7. The number of aromatic amines is 1. The molecule has 2 aromatic rings. The Labute approximate surface area is 116 Å². The molecule has 0 aliphatic heterocycles. The zero-order valence-electron chi connectivity index (χ0n) is 10.4. The lowest BCUT2D eigenvalue weighted by atomic mass is 10.3. The number of aromatic nitrogens is 3. The summed E-state index contributed by atoms with van der Waals surface area (Å²) >= 11 is 0. The second-order valence-electron chi connectivity index (χ2n) is 3.71. The van der Waals surface area contributed by atoms with Gasteiger partial charge in [0.1, 0.15) is 11.5 Å². The highest BCUT2D eigenvalue weighted by Crippen LogP contribution is 2.11. The van der Waals surface area contributed by atoms with Crippen LogP contribution < -0.4 is 4.72 Å². The average Bonchev–Trinajstić information content (AvgIpc) is 2.94. The van der Waals surface area contributed by atoms with Gasteiger partial charge in [0, 0.05) is 6.42 Å². The van der Waals surface area contributed by atoms with Gasteiger partial charge in [-0.05, 0) is 24.1 Å². The summed E-state index contributed by atoms with van der Waals surface area (Å²) in [5.41, 5.74) is 0.420. The highest BCUT2D eigenvalue weighted by Gasteiger charge is 2.15. The third-order valence-corrected chi connectivity index (χ3v) is 3.49. The zero-order valence-corrected chi connectivity index (χ0v) is 11.2. The molecular weight excluding hydrogens is 280 g/mol. The summed E-state index contributed by atoms with van der Waals surface area (Å²) in [4.78, 5) is 4.06. The summed E-state index contributed by atoms with van der Waals surface area (Å²) in [7, 11) is -3.73. The molecule has 0 aromatic carbocycles. The largest absolute Gasteiger partial charge is 0.395 e. The molecule has 0 unspecified atom stereocenters. The van der Waals surface area contributed by atoms with E-state index in [-0.39, 0.29) is 17.5 Å². The van der Waals surface area contributed by atoms with Gasteiger partial charge in [-0.25, -0.2) is 4.98 Å². The highest BCUT2D eigenvalue weighted by atomic mass is 32.2. The Kier molecular flexibility index (Phi) is 4.34. The first-order valence-electron chi connectivity index (χ1n) is 5.71. The Bertz CT molecular complexity index is 730. The van der Waals surface area contributed by atoms with E-state index in [1.54, 1.807) is 12.1 Å². The number of H-pyrrole nitrogens is 1. The fraction of sp³-hybridized carbons (Fsp3) is 0.167. The van der Waals surface area contributed by atoms with E-state index in [1.807, 2.05) is 0 Å². The van der Waals surface area contributed by atoms with Crippen molar-refractivity contribution in [2.24, 2.45) is 0 Å². The maximum Gasteiger partial charge on any atom is 0.279 e. The summed E-state index contributed by atoms with van der Waals surface area (Å²) in [5, 5.41) is 14.5. The lowest BCUT2D eigenvalue weighted by Crippen LogP contribution is -2.14. The van der Waals surface area contributed by atoms with Crippen LogP contribution in [-0.2, 0) is 10.0 Å². The topological polar surface area (TPSA) is 108 Å². The maximum atomic E-state index is 11.9. The number of pyridine rings is 1. The van der Waals surface area contributed by atoms with Gasteiger partial charge in [-0.15, -0.1) is 0 Å². The van der Waals surface area contributed by atoms with Crippen molar-refractivity contribution in [3.8, 4) is 11.8 Å². The first kappa shape index (κ1) is 14.0. The number of hydrogen-bond donors (Lipinski definition) is 3. The van der Waals surface area contributed by atoms with Crippen molar-refractivity contribution < 1.29 is 13.5 Å². The second-order valence-corrected chi connectivity index (χ2v) is 5.36. The Morgan fingerprint density at radius 3 is 2.90 bits per heavy atom. The summed E-state index contributed by atoms with van der Waals surface area (Å²) in [6.45, 7) is -0.0286. The fourth-order valence-electron chi connectivity index (χ4n) is 1.36. The third kappa shape index (κ3) is 3.57. The van der Waals surface area contributed by atoms with Crippen molar-refractivity contribution in [3.63, 3.8) is 0 Å². The molecule has 2 aromatic heterocycles. The van der Waals surface area contributed by atoms with E-state index in [4.69, 9.17) is 5.11 Å². The number of aliphatic hydroxyl groups is 1. The fourth-order valence-corrected chi connectivity index (χ4v) is 2.27. The van der Waals surface area contributed by atoms with Crippen LogP contribution in [0.1, 0.15) is 12.1 Å². The van der Waals surface area contributed by atoms with Crippen molar-refractivity contribution in [1.82, 2.24) is 15.2 Å². The van der Waals surface area contributed by atoms with Crippen LogP contribution in [0.25, 0.3) is 0 Å². The quantitative estimate of drug-likeness (QED) is 0.704. The van der Waals surface area contributed by atoms with E-state index in [2.05, 4.69) is 31.7 Å². The van der Waals surface area contributed by atoms with Crippen LogP contribution in [0.5, 0.6) is 0 Å². The van der Waals surface area contributed by atoms with Crippen LogP contribution in [-0.4, -0.2) is 35.3 Å². The standard InChI is InChI=1S/C12H12N4O3S/c17-9-2-1-4-10-5-3-6-11(14-10)16-20(18,19)12-7-8-13-15-12/h3,5-8,17H,2,9H2,(H,13,15)(H,14,16). The molecule has 0 saturated heterocycles. The van der Waals surface area contributed by atoms with Gasteiger partial charge in [-0.3, -0.25) is 9.82 Å². The Morgan fingerprint density at radius 2 is 2.20 bits per heavy atom. The van der Waals surface area contributed by atoms with E-state index < -0.39 is 10.0 Å². The van der Waals surface area contributed by atoms with Gasteiger partial charge in [-0.1, -0.05) is 12.0 Å². The van der Waals surface area contributed by atoms with E-state index >= 15 is 0 Å². The molecule has 0 aliphatic rings. The van der Waals surface area contributed by atoms with E-state index in [0.717, 1.165) is 0 Å². The van der Waals surface area contributed by atoms with Gasteiger partial charge in [-0.2, -0.15) is 13.5 Å². The van der Waals surface area contributed by atoms with E-state index in [1.165, 1.54) is 18.3 Å². The molecule has 2 heterocycles. The smallest absolute Gasteiger partial charge is 0.279 e. The summed E-state index contributed by atoms with van der Waals surface area (Å²) in [6, 6.07) is 6.15. The first-order valence-corrected chi connectivity index (χ1v) is 7.19. The van der Waals surface area contributed by atoms with E-state index in [0.29, 0.717) is 12.1 Å². The van der Waals surface area contributed by atoms with E-state index in [9.17, 15) is 8.42 Å². The molecular formula is C12H12N4O3S. The third-order valence-electron chi connectivity index (χ3n) is 2.21. The van der Waals surface area contributed by atoms with Gasteiger partial charge >= 0.3 is 0 Å². The number of sulfonamides is 1. The number of anilines is 1. The zero-order chi connectivity index (χ0) is 14.4. The molecule has 8 heteroatoms. The molecule has 0 radical (unpaired) electrons. The number of nitrogens with zero attached hydrogens (tertiary/aromatic N) is 2. The molecule has 3 N–H and O–H groups in total. The van der Waals surface area contributed by atoms with Crippen molar-refractivity contribution in [3.05, 3.63) is 36.2 Å². The maximum absolute atomic E-state index is 11.9. The van der Waals surface area contributed by atoms with Crippen molar-refractivity contribution in [2.75, 3.05) is 11.3 Å². The van der Waals surface area contributed by atoms with Crippen LogP contribution in [0.15, 0.2) is 35.5 Å². The lowest BCUT2D eigenvalue weighted by Gasteiger charge is -2.05. The molecule has 0 aliphatic carbocycles. The minimum atomic E-state index is -3.73. The molecule has 0 fully saturated rings.